The number of rotatable bonds is 8. The van der Waals surface area contributed by atoms with E-state index in [4.69, 9.17) is 28.9 Å². The lowest BCUT2D eigenvalue weighted by Crippen LogP contribution is -2.70. The van der Waals surface area contributed by atoms with Crippen molar-refractivity contribution in [2.75, 3.05) is 16.8 Å². The van der Waals surface area contributed by atoms with Gasteiger partial charge < -0.3 is 21.5 Å². The van der Waals surface area contributed by atoms with Gasteiger partial charge in [-0.15, -0.1) is 23.5 Å². The van der Waals surface area contributed by atoms with Crippen LogP contribution in [0.1, 0.15) is 0 Å². The minimum absolute atomic E-state index is 0.0143. The second kappa shape index (κ2) is 11.0. The molecule has 1 aromatic carbocycles. The fourth-order valence-corrected chi connectivity index (χ4v) is 6.45. The van der Waals surface area contributed by atoms with Crippen LogP contribution in [-0.4, -0.2) is 56.7 Å². The van der Waals surface area contributed by atoms with Gasteiger partial charge in [0, 0.05) is 27.3 Å². The number of carbonyl (C=O) groups is 4. The molecule has 2 aliphatic heterocycles. The first-order chi connectivity index (χ1) is 17.1. The zero-order valence-corrected chi connectivity index (χ0v) is 21.6. The van der Waals surface area contributed by atoms with Gasteiger partial charge in [0.1, 0.15) is 22.8 Å². The second-order valence-corrected chi connectivity index (χ2v) is 10.8. The number of aliphatic carboxylic acids is 1. The highest BCUT2D eigenvalue weighted by atomic mass is 35.5. The van der Waals surface area contributed by atoms with E-state index < -0.39 is 29.3 Å². The number of nitrogens with two attached hydrogens (primary N) is 1. The first-order valence-corrected chi connectivity index (χ1v) is 13.3. The van der Waals surface area contributed by atoms with Gasteiger partial charge in [-0.1, -0.05) is 23.2 Å². The van der Waals surface area contributed by atoms with Crippen LogP contribution < -0.4 is 20.9 Å². The normalized spacial score (nSPS) is 18.8. The van der Waals surface area contributed by atoms with Crippen molar-refractivity contribution in [1.29, 1.82) is 0 Å². The van der Waals surface area contributed by atoms with Crippen molar-refractivity contribution >= 4 is 76.2 Å². The quantitative estimate of drug-likeness (QED) is 0.217. The van der Waals surface area contributed by atoms with Crippen molar-refractivity contribution in [3.8, 4) is 0 Å². The highest BCUT2D eigenvalue weighted by molar-refractivity contribution is 8.00. The molecule has 0 saturated carbocycles. The Morgan fingerprint density at radius 2 is 2.06 bits per heavy atom. The first-order valence-electron chi connectivity index (χ1n) is 10.5. The molecule has 0 unspecified atom stereocenters. The molecule has 5 N–H and O–H groups in total. The van der Waals surface area contributed by atoms with Crippen molar-refractivity contribution < 1.29 is 28.9 Å². The van der Waals surface area contributed by atoms with Gasteiger partial charge in [0.05, 0.1) is 10.8 Å². The molecule has 0 spiro atoms. The molecule has 14 heteroatoms. The van der Waals surface area contributed by atoms with Gasteiger partial charge in [-0.25, -0.2) is 9.59 Å². The minimum atomic E-state index is -1.23. The predicted octanol–water partition coefficient (Wildman–Crippen LogP) is 2.30. The minimum Gasteiger partial charge on any atom is -0.477 e. The van der Waals surface area contributed by atoms with Crippen LogP contribution in [0.4, 0.5) is 10.5 Å². The van der Waals surface area contributed by atoms with E-state index in [0.29, 0.717) is 32.0 Å². The summed E-state index contributed by atoms with van der Waals surface area (Å²) in [6.07, 6.45) is 3.32. The molecular weight excluding hydrogens is 549 g/mol. The SMILES string of the molecule is NC(=O)Nc1ccc[n+](CC2=C(C(=O)O)N3C(=O)[C@@H](NC(=O)CSc4cc(Cl)ccc4Cl)[C@H]3SC2)c1. The van der Waals surface area contributed by atoms with Crippen molar-refractivity contribution in [1.82, 2.24) is 10.2 Å². The van der Waals surface area contributed by atoms with Crippen molar-refractivity contribution in [3.63, 3.8) is 0 Å². The number of halogens is 2. The van der Waals surface area contributed by atoms with Gasteiger partial charge in [-0.05, 0) is 24.3 Å². The van der Waals surface area contributed by atoms with E-state index in [1.54, 1.807) is 47.3 Å². The number of carboxylic acid groups (broad SMARTS) is 1. The summed E-state index contributed by atoms with van der Waals surface area (Å²) in [5, 5.41) is 15.5. The number of amides is 4. The van der Waals surface area contributed by atoms with Gasteiger partial charge in [0.25, 0.3) is 5.91 Å². The van der Waals surface area contributed by atoms with E-state index in [9.17, 15) is 24.3 Å². The molecule has 2 atom stereocenters. The molecule has 1 aromatic heterocycles. The molecule has 0 aliphatic carbocycles. The first kappa shape index (κ1) is 26.1. The molecular formula is C22H20Cl2N5O5S2+. The van der Waals surface area contributed by atoms with E-state index in [2.05, 4.69) is 10.6 Å². The third-order valence-electron chi connectivity index (χ3n) is 5.32. The number of aromatic nitrogens is 1. The Kier molecular flexibility index (Phi) is 7.98. The monoisotopic (exact) mass is 568 g/mol. The van der Waals surface area contributed by atoms with Gasteiger partial charge in [-0.2, -0.15) is 4.57 Å². The van der Waals surface area contributed by atoms with Crippen LogP contribution in [0.5, 0.6) is 0 Å². The van der Waals surface area contributed by atoms with Crippen LogP contribution in [-0.2, 0) is 20.9 Å². The standard InChI is InChI=1S/C22H19Cl2N5O5S2/c23-12-3-4-14(24)15(6-12)35-10-16(30)27-17-19(31)29-18(21(32)33)11(9-36-20(17)29)7-28-5-1-2-13(8-28)26-22(25)34/h1-6,8,17,20H,7,9-10H2,(H4-,25,26,27,30,32,33,34)/p+1/t17-,20-/m1/s1. The van der Waals surface area contributed by atoms with Gasteiger partial charge in [-0.3, -0.25) is 14.5 Å². The maximum absolute atomic E-state index is 12.9. The topological polar surface area (TPSA) is 146 Å². The number of hydrogen-bond donors (Lipinski definition) is 4. The van der Waals surface area contributed by atoms with Crippen molar-refractivity contribution in [2.45, 2.75) is 22.9 Å². The van der Waals surface area contributed by atoms with Crippen LogP contribution in [0.25, 0.3) is 0 Å². The summed E-state index contributed by atoms with van der Waals surface area (Å²) in [6.45, 7) is 0.188. The van der Waals surface area contributed by atoms with Crippen LogP contribution in [0, 0.1) is 0 Å². The summed E-state index contributed by atoms with van der Waals surface area (Å²) in [7, 11) is 0. The number of benzene rings is 1. The molecule has 188 valence electrons. The number of urea groups is 1. The summed E-state index contributed by atoms with van der Waals surface area (Å²) in [5.41, 5.74) is 6.02. The fraction of sp³-hybridized carbons (Fsp3) is 0.227. The van der Waals surface area contributed by atoms with E-state index in [0.717, 1.165) is 0 Å². The van der Waals surface area contributed by atoms with Crippen molar-refractivity contribution in [2.24, 2.45) is 5.73 Å². The maximum Gasteiger partial charge on any atom is 0.352 e. The lowest BCUT2D eigenvalue weighted by molar-refractivity contribution is -0.688. The Morgan fingerprint density at radius 1 is 1.28 bits per heavy atom. The average Bonchev–Trinajstić information content (AvgIpc) is 2.82. The third-order valence-corrected chi connectivity index (χ3v) is 8.39. The molecule has 2 aliphatic rings. The summed E-state index contributed by atoms with van der Waals surface area (Å²) in [4.78, 5) is 50.4. The van der Waals surface area contributed by atoms with Crippen LogP contribution in [0.15, 0.2) is 58.9 Å². The zero-order valence-electron chi connectivity index (χ0n) is 18.4. The van der Waals surface area contributed by atoms with Crippen molar-refractivity contribution in [3.05, 3.63) is 64.0 Å². The molecule has 1 saturated heterocycles. The average molecular weight is 569 g/mol. The number of fused-ring (bicyclic) bond motifs is 1. The molecule has 0 bridgehead atoms. The Hall–Kier alpha value is -2.93. The highest BCUT2D eigenvalue weighted by Crippen LogP contribution is 2.40. The van der Waals surface area contributed by atoms with Crippen LogP contribution in [0.3, 0.4) is 0 Å². The van der Waals surface area contributed by atoms with E-state index in [1.807, 2.05) is 0 Å². The van der Waals surface area contributed by atoms with Crippen LogP contribution >= 0.6 is 46.7 Å². The van der Waals surface area contributed by atoms with Gasteiger partial charge in [0.2, 0.25) is 5.91 Å². The molecule has 1 fully saturated rings. The number of carbonyl (C=O) groups excluding carboxylic acids is 3. The van der Waals surface area contributed by atoms with Gasteiger partial charge >= 0.3 is 12.0 Å². The van der Waals surface area contributed by atoms with E-state index in [1.165, 1.54) is 28.4 Å². The number of thioether (sulfide) groups is 2. The summed E-state index contributed by atoms with van der Waals surface area (Å²) in [6, 6.07) is 6.70. The fourth-order valence-electron chi connectivity index (χ4n) is 3.81. The summed E-state index contributed by atoms with van der Waals surface area (Å²) >= 11 is 14.7. The Morgan fingerprint density at radius 3 is 2.78 bits per heavy atom. The molecule has 4 rings (SSSR count). The number of β-lactam (4-membered cyclic amide) rings is 1. The number of hydrogen-bond acceptors (Lipinski definition) is 6. The maximum atomic E-state index is 12.9. The molecule has 10 nitrogen and oxygen atoms in total. The summed E-state index contributed by atoms with van der Waals surface area (Å²) in [5.74, 6) is -1.74. The molecule has 2 aromatic rings. The highest BCUT2D eigenvalue weighted by Gasteiger charge is 2.54. The number of nitrogens with one attached hydrogen (secondary N) is 2. The smallest absolute Gasteiger partial charge is 0.352 e. The van der Waals surface area contributed by atoms with E-state index in [-0.39, 0.29) is 23.9 Å². The largest absolute Gasteiger partial charge is 0.477 e. The molecule has 36 heavy (non-hydrogen) atoms. The number of carboxylic acids is 1. The molecule has 3 heterocycles. The van der Waals surface area contributed by atoms with Crippen LogP contribution in [0.2, 0.25) is 10.0 Å². The Bertz CT molecular complexity index is 1290. The Labute approximate surface area is 224 Å². The number of nitrogens with zero attached hydrogens (tertiary/aromatic N) is 2. The number of primary amides is 1. The Balaban J connectivity index is 1.43. The van der Waals surface area contributed by atoms with Gasteiger partial charge in [0.15, 0.2) is 18.9 Å². The zero-order chi connectivity index (χ0) is 26.0. The lowest BCUT2D eigenvalue weighted by atomic mass is 10.0. The third kappa shape index (κ3) is 5.72. The molecule has 4 amide bonds. The number of pyridine rings is 1. The molecule has 0 radical (unpaired) electrons. The predicted molar refractivity (Wildman–Crippen MR) is 137 cm³/mol. The number of anilines is 1. The van der Waals surface area contributed by atoms with E-state index >= 15 is 0 Å². The second-order valence-electron chi connectivity index (χ2n) is 7.83. The summed E-state index contributed by atoms with van der Waals surface area (Å²) < 4.78 is 1.69. The lowest BCUT2D eigenvalue weighted by Gasteiger charge is -2.49.